The molecule has 0 saturated heterocycles. The molecule has 0 radical (unpaired) electrons. The summed E-state index contributed by atoms with van der Waals surface area (Å²) in [4.78, 5) is 21.6. The highest BCUT2D eigenvalue weighted by molar-refractivity contribution is 7.86. The highest BCUT2D eigenvalue weighted by Crippen LogP contribution is 2.29. The molecule has 7 nitrogen and oxygen atoms in total. The second kappa shape index (κ2) is 5.59. The molecular formula is C12H14O7S. The molecular weight excluding hydrogens is 288 g/mol. The van der Waals surface area contributed by atoms with E-state index >= 15 is 0 Å². The SMILES string of the molecule is CCc1cc(C(=O)O)c(S(=O)(=O)O)c(CC)c1C(=O)O. The van der Waals surface area contributed by atoms with Crippen LogP contribution in [-0.4, -0.2) is 35.1 Å². The fourth-order valence-electron chi connectivity index (χ4n) is 2.12. The predicted molar refractivity (Wildman–Crippen MR) is 68.9 cm³/mol. The van der Waals surface area contributed by atoms with Gasteiger partial charge in [-0.05, 0) is 30.0 Å². The van der Waals surface area contributed by atoms with Gasteiger partial charge in [0.05, 0.1) is 11.1 Å². The van der Waals surface area contributed by atoms with Gasteiger partial charge in [0, 0.05) is 0 Å². The molecule has 20 heavy (non-hydrogen) atoms. The van der Waals surface area contributed by atoms with Crippen molar-refractivity contribution in [1.82, 2.24) is 0 Å². The Morgan fingerprint density at radius 2 is 1.65 bits per heavy atom. The molecule has 1 aromatic rings. The lowest BCUT2D eigenvalue weighted by atomic mass is 9.94. The van der Waals surface area contributed by atoms with Gasteiger partial charge in [-0.3, -0.25) is 4.55 Å². The van der Waals surface area contributed by atoms with Gasteiger partial charge in [0.1, 0.15) is 4.90 Å². The summed E-state index contributed by atoms with van der Waals surface area (Å²) >= 11 is 0. The van der Waals surface area contributed by atoms with Gasteiger partial charge in [0.25, 0.3) is 10.1 Å². The Labute approximate surface area is 115 Å². The molecule has 3 N–H and O–H groups in total. The third-order valence-corrected chi connectivity index (χ3v) is 3.88. The van der Waals surface area contributed by atoms with Crippen LogP contribution in [0.15, 0.2) is 11.0 Å². The first-order valence-electron chi connectivity index (χ1n) is 5.77. The van der Waals surface area contributed by atoms with Crippen molar-refractivity contribution in [1.29, 1.82) is 0 Å². The molecule has 0 aromatic heterocycles. The summed E-state index contributed by atoms with van der Waals surface area (Å²) in [7, 11) is -4.85. The van der Waals surface area contributed by atoms with Crippen molar-refractivity contribution in [3.63, 3.8) is 0 Å². The molecule has 0 saturated carbocycles. The first kappa shape index (κ1) is 16.1. The maximum atomic E-state index is 11.4. The molecule has 110 valence electrons. The van der Waals surface area contributed by atoms with Crippen LogP contribution in [-0.2, 0) is 23.0 Å². The molecule has 1 rings (SSSR count). The summed E-state index contributed by atoms with van der Waals surface area (Å²) in [6.07, 6.45) is 0.186. The maximum Gasteiger partial charge on any atom is 0.337 e. The van der Waals surface area contributed by atoms with Crippen LogP contribution in [0, 0.1) is 0 Å². The van der Waals surface area contributed by atoms with Crippen LogP contribution < -0.4 is 0 Å². The second-order valence-electron chi connectivity index (χ2n) is 4.06. The van der Waals surface area contributed by atoms with Gasteiger partial charge in [-0.15, -0.1) is 0 Å². The number of rotatable bonds is 5. The quantitative estimate of drug-likeness (QED) is 0.702. The molecule has 0 aliphatic carbocycles. The number of carboxylic acids is 2. The highest BCUT2D eigenvalue weighted by Gasteiger charge is 2.29. The monoisotopic (exact) mass is 302 g/mol. The van der Waals surface area contributed by atoms with Gasteiger partial charge in [0.15, 0.2) is 0 Å². The van der Waals surface area contributed by atoms with Crippen LogP contribution in [0.4, 0.5) is 0 Å². The van der Waals surface area contributed by atoms with Crippen molar-refractivity contribution in [2.45, 2.75) is 31.6 Å². The van der Waals surface area contributed by atoms with E-state index in [1.54, 1.807) is 6.92 Å². The summed E-state index contributed by atoms with van der Waals surface area (Å²) in [6.45, 7) is 3.11. The highest BCUT2D eigenvalue weighted by atomic mass is 32.2. The standard InChI is InChI=1S/C12H14O7S/c1-3-6-5-8(11(13)14)10(20(17,18)19)7(4-2)9(6)12(15)16/h5H,3-4H2,1-2H3,(H,13,14)(H,15,16)(H,17,18,19). The number of hydrogen-bond donors (Lipinski definition) is 3. The molecule has 0 fully saturated rings. The lowest BCUT2D eigenvalue weighted by Gasteiger charge is -2.15. The topological polar surface area (TPSA) is 129 Å². The number of carboxylic acid groups (broad SMARTS) is 2. The van der Waals surface area contributed by atoms with Gasteiger partial charge >= 0.3 is 11.9 Å². The van der Waals surface area contributed by atoms with Crippen molar-refractivity contribution in [3.8, 4) is 0 Å². The minimum atomic E-state index is -4.85. The van der Waals surface area contributed by atoms with Crippen LogP contribution in [0.2, 0.25) is 0 Å². The van der Waals surface area contributed by atoms with Crippen molar-refractivity contribution < 1.29 is 32.8 Å². The summed E-state index contributed by atoms with van der Waals surface area (Å²) in [5.74, 6) is -2.90. The van der Waals surface area contributed by atoms with E-state index in [0.29, 0.717) is 0 Å². The largest absolute Gasteiger partial charge is 0.478 e. The molecule has 0 amide bonds. The normalized spacial score (nSPS) is 11.3. The Morgan fingerprint density at radius 3 is 1.95 bits per heavy atom. The van der Waals surface area contributed by atoms with E-state index in [1.807, 2.05) is 0 Å². The first-order chi connectivity index (χ1) is 9.15. The number of aryl methyl sites for hydroxylation is 1. The van der Waals surface area contributed by atoms with Crippen LogP contribution in [0.3, 0.4) is 0 Å². The van der Waals surface area contributed by atoms with Crippen molar-refractivity contribution in [3.05, 3.63) is 28.3 Å². The molecule has 0 heterocycles. The lowest BCUT2D eigenvalue weighted by molar-refractivity contribution is 0.0675. The number of hydrogen-bond acceptors (Lipinski definition) is 4. The Bertz CT molecular complexity index is 674. The van der Waals surface area contributed by atoms with Crippen LogP contribution in [0.1, 0.15) is 45.7 Å². The fraction of sp³-hybridized carbons (Fsp3) is 0.333. The smallest absolute Gasteiger partial charge is 0.337 e. The minimum Gasteiger partial charge on any atom is -0.478 e. The zero-order chi connectivity index (χ0) is 15.7. The van der Waals surface area contributed by atoms with E-state index in [4.69, 9.17) is 5.11 Å². The Morgan fingerprint density at radius 1 is 1.10 bits per heavy atom. The molecule has 0 unspecified atom stereocenters. The molecule has 0 spiro atoms. The summed E-state index contributed by atoms with van der Waals surface area (Å²) in [5.41, 5.74) is -0.880. The van der Waals surface area contributed by atoms with Crippen LogP contribution in [0.5, 0.6) is 0 Å². The van der Waals surface area contributed by atoms with Gasteiger partial charge in [-0.1, -0.05) is 13.8 Å². The van der Waals surface area contributed by atoms with E-state index in [1.165, 1.54) is 6.92 Å². The zero-order valence-electron chi connectivity index (χ0n) is 10.9. The third-order valence-electron chi connectivity index (χ3n) is 2.90. The predicted octanol–water partition coefficient (Wildman–Crippen LogP) is 1.45. The molecule has 0 bridgehead atoms. The second-order valence-corrected chi connectivity index (χ2v) is 5.42. The summed E-state index contributed by atoms with van der Waals surface area (Å²) in [6, 6.07) is 0.980. The van der Waals surface area contributed by atoms with Crippen molar-refractivity contribution >= 4 is 22.1 Å². The number of benzene rings is 1. The summed E-state index contributed by atoms with van der Waals surface area (Å²) < 4.78 is 32.0. The third kappa shape index (κ3) is 2.81. The summed E-state index contributed by atoms with van der Waals surface area (Å²) in [5, 5.41) is 18.3. The van der Waals surface area contributed by atoms with Gasteiger partial charge in [-0.2, -0.15) is 8.42 Å². The van der Waals surface area contributed by atoms with Crippen molar-refractivity contribution in [2.75, 3.05) is 0 Å². The number of carbonyl (C=O) groups is 2. The fourth-order valence-corrected chi connectivity index (χ4v) is 3.10. The van der Waals surface area contributed by atoms with E-state index in [2.05, 4.69) is 0 Å². The van der Waals surface area contributed by atoms with Crippen LogP contribution in [0.25, 0.3) is 0 Å². The van der Waals surface area contributed by atoms with E-state index in [0.717, 1.165) is 6.07 Å². The zero-order valence-corrected chi connectivity index (χ0v) is 11.7. The van der Waals surface area contributed by atoms with Gasteiger partial charge in [-0.25, -0.2) is 9.59 Å². The lowest BCUT2D eigenvalue weighted by Crippen LogP contribution is -2.17. The molecule has 0 aliphatic heterocycles. The Kier molecular flexibility index (Phi) is 4.51. The molecule has 0 atom stereocenters. The first-order valence-corrected chi connectivity index (χ1v) is 7.21. The van der Waals surface area contributed by atoms with E-state index < -0.39 is 32.5 Å². The average Bonchev–Trinajstić information content (AvgIpc) is 2.34. The molecule has 8 heteroatoms. The van der Waals surface area contributed by atoms with Crippen molar-refractivity contribution in [2.24, 2.45) is 0 Å². The molecule has 1 aromatic carbocycles. The Balaban J connectivity index is 4.03. The van der Waals surface area contributed by atoms with Crippen LogP contribution >= 0.6 is 0 Å². The van der Waals surface area contributed by atoms with E-state index in [9.17, 15) is 27.7 Å². The minimum absolute atomic E-state index is 0.0368. The molecule has 0 aliphatic rings. The van der Waals surface area contributed by atoms with E-state index in [-0.39, 0.29) is 29.5 Å². The van der Waals surface area contributed by atoms with Gasteiger partial charge in [0.2, 0.25) is 0 Å². The Hall–Kier alpha value is -1.93. The maximum absolute atomic E-state index is 11.4. The van der Waals surface area contributed by atoms with Gasteiger partial charge < -0.3 is 10.2 Å². The average molecular weight is 302 g/mol. The number of aromatic carboxylic acids is 2.